The maximum Gasteiger partial charge on any atom is 0.0854 e. The first kappa shape index (κ1) is 13.9. The summed E-state index contributed by atoms with van der Waals surface area (Å²) in [5, 5.41) is 19.1. The average Bonchev–Trinajstić information content (AvgIpc) is 2.49. The Hall–Kier alpha value is -2.56. The SMILES string of the molecule is CCN=Nc1ccc(Nc2ccc(N=NC)cc2)cc1. The van der Waals surface area contributed by atoms with Crippen LogP contribution < -0.4 is 5.32 Å². The third-order valence-electron chi connectivity index (χ3n) is 2.57. The van der Waals surface area contributed by atoms with Gasteiger partial charge in [-0.2, -0.15) is 20.5 Å². The van der Waals surface area contributed by atoms with Gasteiger partial charge >= 0.3 is 0 Å². The minimum absolute atomic E-state index is 0.696. The van der Waals surface area contributed by atoms with Crippen LogP contribution in [-0.4, -0.2) is 13.6 Å². The third kappa shape index (κ3) is 3.98. The molecular formula is C15H17N5. The van der Waals surface area contributed by atoms with E-state index in [9.17, 15) is 0 Å². The lowest BCUT2D eigenvalue weighted by atomic mass is 10.2. The predicted octanol–water partition coefficient (Wildman–Crippen LogP) is 5.25. The second-order valence-electron chi connectivity index (χ2n) is 4.08. The van der Waals surface area contributed by atoms with Gasteiger partial charge in [0.15, 0.2) is 0 Å². The molecule has 0 aliphatic rings. The Labute approximate surface area is 118 Å². The topological polar surface area (TPSA) is 61.5 Å². The van der Waals surface area contributed by atoms with Crippen LogP contribution in [0.5, 0.6) is 0 Å². The molecule has 20 heavy (non-hydrogen) atoms. The summed E-state index contributed by atoms with van der Waals surface area (Å²) in [5.41, 5.74) is 3.71. The molecule has 2 aromatic rings. The average molecular weight is 267 g/mol. The van der Waals surface area contributed by atoms with Crippen LogP contribution in [0.25, 0.3) is 0 Å². The molecule has 0 amide bonds. The molecule has 5 heteroatoms. The van der Waals surface area contributed by atoms with Crippen molar-refractivity contribution < 1.29 is 0 Å². The van der Waals surface area contributed by atoms with Crippen LogP contribution in [0.4, 0.5) is 22.7 Å². The van der Waals surface area contributed by atoms with Gasteiger partial charge in [0, 0.05) is 18.4 Å². The molecule has 0 radical (unpaired) electrons. The van der Waals surface area contributed by atoms with Crippen molar-refractivity contribution in [2.24, 2.45) is 20.5 Å². The molecule has 2 aromatic carbocycles. The Bertz CT molecular complexity index is 585. The molecule has 0 bridgehead atoms. The Kier molecular flexibility index (Phi) is 4.94. The van der Waals surface area contributed by atoms with Crippen LogP contribution in [0, 0.1) is 0 Å². The van der Waals surface area contributed by atoms with Crippen LogP contribution in [0.2, 0.25) is 0 Å². The zero-order valence-corrected chi connectivity index (χ0v) is 11.6. The normalized spacial score (nSPS) is 11.3. The number of azo groups is 2. The van der Waals surface area contributed by atoms with Crippen LogP contribution in [0.3, 0.4) is 0 Å². The zero-order chi connectivity index (χ0) is 14.2. The standard InChI is InChI=1S/C15H17N5/c1-3-17-20-15-10-6-13(7-11-15)18-12-4-8-14(9-5-12)19-16-2/h4-11,18H,3H2,1-2H3. The lowest BCUT2D eigenvalue weighted by Gasteiger charge is -2.06. The first-order chi connectivity index (χ1) is 9.81. The minimum Gasteiger partial charge on any atom is -0.356 e. The second kappa shape index (κ2) is 7.13. The Morgan fingerprint density at radius 2 is 1.30 bits per heavy atom. The fourth-order valence-corrected chi connectivity index (χ4v) is 1.66. The molecule has 0 aromatic heterocycles. The van der Waals surface area contributed by atoms with E-state index in [1.54, 1.807) is 7.05 Å². The van der Waals surface area contributed by atoms with Gasteiger partial charge in [-0.1, -0.05) is 0 Å². The maximum absolute atomic E-state index is 4.08. The van der Waals surface area contributed by atoms with E-state index in [4.69, 9.17) is 0 Å². The van der Waals surface area contributed by atoms with Crippen LogP contribution in [0.1, 0.15) is 6.92 Å². The summed E-state index contributed by atoms with van der Waals surface area (Å²) in [6.45, 7) is 2.66. The lowest BCUT2D eigenvalue weighted by molar-refractivity contribution is 1.01. The predicted molar refractivity (Wildman–Crippen MR) is 81.7 cm³/mol. The Morgan fingerprint density at radius 3 is 1.75 bits per heavy atom. The fraction of sp³-hybridized carbons (Fsp3) is 0.200. The molecule has 102 valence electrons. The summed E-state index contributed by atoms with van der Waals surface area (Å²) in [7, 11) is 1.66. The summed E-state index contributed by atoms with van der Waals surface area (Å²) in [6, 6.07) is 15.6. The van der Waals surface area contributed by atoms with E-state index in [-0.39, 0.29) is 0 Å². The molecule has 0 spiro atoms. The van der Waals surface area contributed by atoms with E-state index in [1.807, 2.05) is 55.5 Å². The second-order valence-corrected chi connectivity index (χ2v) is 4.08. The van der Waals surface area contributed by atoms with Crippen molar-refractivity contribution in [2.45, 2.75) is 6.92 Å². The largest absolute Gasteiger partial charge is 0.356 e. The number of benzene rings is 2. The van der Waals surface area contributed by atoms with Crippen molar-refractivity contribution in [3.8, 4) is 0 Å². The maximum atomic E-state index is 4.08. The highest BCUT2D eigenvalue weighted by Gasteiger charge is 1.96. The van der Waals surface area contributed by atoms with Gasteiger partial charge < -0.3 is 5.32 Å². The van der Waals surface area contributed by atoms with Crippen molar-refractivity contribution >= 4 is 22.7 Å². The third-order valence-corrected chi connectivity index (χ3v) is 2.57. The Morgan fingerprint density at radius 1 is 0.800 bits per heavy atom. The first-order valence-electron chi connectivity index (χ1n) is 6.46. The first-order valence-corrected chi connectivity index (χ1v) is 6.46. The van der Waals surface area contributed by atoms with E-state index in [0.717, 1.165) is 22.7 Å². The quantitative estimate of drug-likeness (QED) is 0.739. The molecule has 0 aliphatic carbocycles. The summed E-state index contributed by atoms with van der Waals surface area (Å²) in [4.78, 5) is 0. The van der Waals surface area contributed by atoms with Crippen molar-refractivity contribution in [1.82, 2.24) is 0 Å². The molecule has 0 saturated carbocycles. The summed E-state index contributed by atoms with van der Waals surface area (Å²) >= 11 is 0. The smallest absolute Gasteiger partial charge is 0.0854 e. The van der Waals surface area contributed by atoms with Crippen LogP contribution >= 0.6 is 0 Å². The van der Waals surface area contributed by atoms with E-state index in [1.165, 1.54) is 0 Å². The van der Waals surface area contributed by atoms with Gasteiger partial charge in [0.05, 0.1) is 17.9 Å². The van der Waals surface area contributed by atoms with E-state index in [0.29, 0.717) is 6.54 Å². The molecule has 2 rings (SSSR count). The van der Waals surface area contributed by atoms with E-state index < -0.39 is 0 Å². The van der Waals surface area contributed by atoms with Gasteiger partial charge in [-0.05, 0) is 55.5 Å². The van der Waals surface area contributed by atoms with Gasteiger partial charge in [-0.15, -0.1) is 0 Å². The highest BCUT2D eigenvalue weighted by atomic mass is 15.1. The van der Waals surface area contributed by atoms with Crippen molar-refractivity contribution in [3.05, 3.63) is 48.5 Å². The number of hydrogen-bond donors (Lipinski definition) is 1. The number of anilines is 2. The van der Waals surface area contributed by atoms with Gasteiger partial charge in [0.1, 0.15) is 0 Å². The monoisotopic (exact) mass is 267 g/mol. The van der Waals surface area contributed by atoms with Crippen LogP contribution in [0.15, 0.2) is 69.0 Å². The van der Waals surface area contributed by atoms with Gasteiger partial charge in [-0.25, -0.2) is 0 Å². The fourth-order valence-electron chi connectivity index (χ4n) is 1.66. The number of rotatable bonds is 5. The van der Waals surface area contributed by atoms with Crippen molar-refractivity contribution in [3.63, 3.8) is 0 Å². The zero-order valence-electron chi connectivity index (χ0n) is 11.6. The highest BCUT2D eigenvalue weighted by molar-refractivity contribution is 5.63. The Balaban J connectivity index is 2.04. The van der Waals surface area contributed by atoms with Crippen molar-refractivity contribution in [1.29, 1.82) is 0 Å². The number of nitrogens with one attached hydrogen (secondary N) is 1. The molecular weight excluding hydrogens is 250 g/mol. The summed E-state index contributed by atoms with van der Waals surface area (Å²) in [5.74, 6) is 0. The molecule has 0 saturated heterocycles. The summed E-state index contributed by atoms with van der Waals surface area (Å²) < 4.78 is 0. The van der Waals surface area contributed by atoms with E-state index >= 15 is 0 Å². The molecule has 0 aliphatic heterocycles. The van der Waals surface area contributed by atoms with Crippen molar-refractivity contribution in [2.75, 3.05) is 18.9 Å². The van der Waals surface area contributed by atoms with Gasteiger partial charge in [0.2, 0.25) is 0 Å². The molecule has 1 N–H and O–H groups in total. The molecule has 0 atom stereocenters. The van der Waals surface area contributed by atoms with Gasteiger partial charge in [-0.3, -0.25) is 0 Å². The summed E-state index contributed by atoms with van der Waals surface area (Å²) in [6.07, 6.45) is 0. The molecule has 0 fully saturated rings. The highest BCUT2D eigenvalue weighted by Crippen LogP contribution is 2.22. The lowest BCUT2D eigenvalue weighted by Crippen LogP contribution is -1.88. The molecule has 0 unspecified atom stereocenters. The van der Waals surface area contributed by atoms with Gasteiger partial charge in [0.25, 0.3) is 0 Å². The molecule has 5 nitrogen and oxygen atoms in total. The number of hydrogen-bond acceptors (Lipinski definition) is 5. The molecule has 0 heterocycles. The number of nitrogens with zero attached hydrogens (tertiary/aromatic N) is 4. The van der Waals surface area contributed by atoms with E-state index in [2.05, 4.69) is 25.8 Å². The minimum atomic E-state index is 0.696. The van der Waals surface area contributed by atoms with Crippen LogP contribution in [-0.2, 0) is 0 Å².